The SMILES string of the molecule is CC(=C/c1ccccc1)/C=N/NC(=O)c1cc(-c2cccc3ccccc23)n[nH]1. The summed E-state index contributed by atoms with van der Waals surface area (Å²) < 4.78 is 0. The number of benzene rings is 3. The Labute approximate surface area is 168 Å². The molecule has 0 saturated heterocycles. The lowest BCUT2D eigenvalue weighted by atomic mass is 10.0. The molecule has 4 rings (SSSR count). The van der Waals surface area contributed by atoms with Gasteiger partial charge in [-0.25, -0.2) is 5.43 Å². The second kappa shape index (κ2) is 8.35. The number of H-pyrrole nitrogens is 1. The molecule has 0 aliphatic heterocycles. The van der Waals surface area contributed by atoms with E-state index >= 15 is 0 Å². The smallest absolute Gasteiger partial charge is 0.272 e. The predicted octanol–water partition coefficient (Wildman–Crippen LogP) is 5.05. The largest absolute Gasteiger partial charge is 0.289 e. The molecule has 1 aromatic heterocycles. The fraction of sp³-hybridized carbons (Fsp3) is 0.0417. The van der Waals surface area contributed by atoms with Crippen molar-refractivity contribution in [2.24, 2.45) is 5.10 Å². The minimum atomic E-state index is -0.340. The monoisotopic (exact) mass is 380 g/mol. The minimum Gasteiger partial charge on any atom is -0.272 e. The van der Waals surface area contributed by atoms with Gasteiger partial charge in [0.25, 0.3) is 5.91 Å². The Balaban J connectivity index is 1.47. The summed E-state index contributed by atoms with van der Waals surface area (Å²) in [5, 5.41) is 13.4. The number of hydrogen-bond acceptors (Lipinski definition) is 3. The summed E-state index contributed by atoms with van der Waals surface area (Å²) in [6.45, 7) is 1.93. The second-order valence-corrected chi connectivity index (χ2v) is 6.69. The van der Waals surface area contributed by atoms with Crippen LogP contribution in [0.3, 0.4) is 0 Å². The number of aromatic nitrogens is 2. The van der Waals surface area contributed by atoms with E-state index in [-0.39, 0.29) is 5.91 Å². The average Bonchev–Trinajstić information content (AvgIpc) is 3.24. The van der Waals surface area contributed by atoms with Gasteiger partial charge in [0, 0.05) is 5.56 Å². The Morgan fingerprint density at radius 1 is 1.00 bits per heavy atom. The molecular formula is C24H20N4O. The van der Waals surface area contributed by atoms with Crippen LogP contribution in [-0.2, 0) is 0 Å². The van der Waals surface area contributed by atoms with Gasteiger partial charge in [0.05, 0.1) is 11.9 Å². The summed E-state index contributed by atoms with van der Waals surface area (Å²) in [5.74, 6) is -0.340. The van der Waals surface area contributed by atoms with Crippen LogP contribution in [0, 0.1) is 0 Å². The molecule has 1 amide bonds. The van der Waals surface area contributed by atoms with Crippen molar-refractivity contribution in [3.8, 4) is 11.3 Å². The van der Waals surface area contributed by atoms with Gasteiger partial charge >= 0.3 is 0 Å². The number of nitrogens with zero attached hydrogens (tertiary/aromatic N) is 2. The van der Waals surface area contributed by atoms with Gasteiger partial charge in [0.2, 0.25) is 0 Å². The van der Waals surface area contributed by atoms with E-state index in [1.54, 1.807) is 12.3 Å². The Hall–Kier alpha value is -3.99. The van der Waals surface area contributed by atoms with Crippen LogP contribution < -0.4 is 5.43 Å². The highest BCUT2D eigenvalue weighted by Crippen LogP contribution is 2.27. The van der Waals surface area contributed by atoms with E-state index in [1.807, 2.05) is 73.7 Å². The van der Waals surface area contributed by atoms with E-state index in [0.717, 1.165) is 33.2 Å². The number of fused-ring (bicyclic) bond motifs is 1. The zero-order valence-electron chi connectivity index (χ0n) is 16.0. The summed E-state index contributed by atoms with van der Waals surface area (Å²) in [6, 6.07) is 25.8. The standard InChI is InChI=1S/C24H20N4O/c1-17(14-18-8-3-2-4-9-18)16-25-28-24(29)23-15-22(26-27-23)21-13-7-11-19-10-5-6-12-20(19)21/h2-16H,1H3,(H,26,27)(H,28,29)/b17-14-,25-16+. The Morgan fingerprint density at radius 2 is 1.76 bits per heavy atom. The maximum absolute atomic E-state index is 12.4. The van der Waals surface area contributed by atoms with E-state index in [4.69, 9.17) is 0 Å². The number of allylic oxidation sites excluding steroid dienone is 1. The molecule has 0 aliphatic rings. The van der Waals surface area contributed by atoms with Crippen molar-refractivity contribution in [2.45, 2.75) is 6.92 Å². The molecule has 0 aliphatic carbocycles. The molecule has 0 radical (unpaired) electrons. The van der Waals surface area contributed by atoms with Crippen molar-refractivity contribution >= 4 is 29.0 Å². The zero-order chi connectivity index (χ0) is 20.1. The molecule has 29 heavy (non-hydrogen) atoms. The quantitative estimate of drug-likeness (QED) is 0.376. The summed E-state index contributed by atoms with van der Waals surface area (Å²) in [4.78, 5) is 12.4. The molecule has 5 nitrogen and oxygen atoms in total. The summed E-state index contributed by atoms with van der Waals surface area (Å²) in [6.07, 6.45) is 3.61. The Morgan fingerprint density at radius 3 is 2.62 bits per heavy atom. The van der Waals surface area contributed by atoms with Gasteiger partial charge in [-0.2, -0.15) is 10.2 Å². The van der Waals surface area contributed by atoms with Crippen LogP contribution in [0.15, 0.2) is 89.5 Å². The minimum absolute atomic E-state index is 0.340. The third-order valence-electron chi connectivity index (χ3n) is 4.52. The molecule has 2 N–H and O–H groups in total. The molecular weight excluding hydrogens is 360 g/mol. The Bertz CT molecular complexity index is 1200. The Kier molecular flexibility index (Phi) is 5.29. The highest BCUT2D eigenvalue weighted by molar-refractivity contribution is 5.98. The number of nitrogens with one attached hydrogen (secondary N) is 2. The molecule has 3 aromatic carbocycles. The summed E-state index contributed by atoms with van der Waals surface area (Å²) >= 11 is 0. The molecule has 0 fully saturated rings. The zero-order valence-corrected chi connectivity index (χ0v) is 16.0. The van der Waals surface area contributed by atoms with E-state index in [0.29, 0.717) is 5.69 Å². The molecule has 142 valence electrons. The van der Waals surface area contributed by atoms with Crippen molar-refractivity contribution in [1.82, 2.24) is 15.6 Å². The summed E-state index contributed by atoms with van der Waals surface area (Å²) in [5.41, 5.74) is 6.59. The topological polar surface area (TPSA) is 70.1 Å². The van der Waals surface area contributed by atoms with E-state index in [9.17, 15) is 4.79 Å². The molecule has 0 unspecified atom stereocenters. The molecule has 5 heteroatoms. The van der Waals surface area contributed by atoms with E-state index in [1.165, 1.54) is 0 Å². The lowest BCUT2D eigenvalue weighted by Crippen LogP contribution is -2.17. The highest BCUT2D eigenvalue weighted by atomic mass is 16.2. The van der Waals surface area contributed by atoms with Crippen LogP contribution in [0.1, 0.15) is 23.0 Å². The first-order valence-electron chi connectivity index (χ1n) is 9.31. The fourth-order valence-corrected chi connectivity index (χ4v) is 3.13. The normalized spacial score (nSPS) is 11.8. The molecule has 0 bridgehead atoms. The van der Waals surface area contributed by atoms with Crippen molar-refractivity contribution in [3.05, 3.63) is 95.7 Å². The predicted molar refractivity (Wildman–Crippen MR) is 118 cm³/mol. The van der Waals surface area contributed by atoms with Crippen LogP contribution in [-0.4, -0.2) is 22.3 Å². The number of hydrazone groups is 1. The van der Waals surface area contributed by atoms with Gasteiger partial charge in [0.1, 0.15) is 5.69 Å². The van der Waals surface area contributed by atoms with E-state index in [2.05, 4.69) is 32.9 Å². The van der Waals surface area contributed by atoms with Crippen molar-refractivity contribution < 1.29 is 4.79 Å². The average molecular weight is 380 g/mol. The molecule has 0 saturated carbocycles. The highest BCUT2D eigenvalue weighted by Gasteiger charge is 2.12. The number of rotatable bonds is 5. The summed E-state index contributed by atoms with van der Waals surface area (Å²) in [7, 11) is 0. The lowest BCUT2D eigenvalue weighted by molar-refractivity contribution is 0.0950. The molecule has 4 aromatic rings. The lowest BCUT2D eigenvalue weighted by Gasteiger charge is -2.02. The van der Waals surface area contributed by atoms with Crippen molar-refractivity contribution in [1.29, 1.82) is 0 Å². The number of carbonyl (C=O) groups is 1. The van der Waals surface area contributed by atoms with Crippen molar-refractivity contribution in [2.75, 3.05) is 0 Å². The molecule has 1 heterocycles. The first-order chi connectivity index (χ1) is 14.2. The first kappa shape index (κ1) is 18.4. The third kappa shape index (κ3) is 4.30. The molecule has 0 spiro atoms. The van der Waals surface area contributed by atoms with Gasteiger partial charge in [-0.15, -0.1) is 0 Å². The first-order valence-corrected chi connectivity index (χ1v) is 9.31. The maximum atomic E-state index is 12.4. The van der Waals surface area contributed by atoms with Crippen molar-refractivity contribution in [3.63, 3.8) is 0 Å². The second-order valence-electron chi connectivity index (χ2n) is 6.69. The van der Waals surface area contributed by atoms with Gasteiger partial charge in [-0.1, -0.05) is 78.9 Å². The van der Waals surface area contributed by atoms with Gasteiger partial charge in [-0.3, -0.25) is 9.89 Å². The van der Waals surface area contributed by atoms with E-state index < -0.39 is 0 Å². The molecule has 0 atom stereocenters. The van der Waals surface area contributed by atoms with Crippen LogP contribution in [0.2, 0.25) is 0 Å². The van der Waals surface area contributed by atoms with Crippen LogP contribution in [0.5, 0.6) is 0 Å². The van der Waals surface area contributed by atoms with Gasteiger partial charge in [-0.05, 0) is 34.9 Å². The fourth-order valence-electron chi connectivity index (χ4n) is 3.13. The number of aromatic amines is 1. The van der Waals surface area contributed by atoms with Crippen LogP contribution >= 0.6 is 0 Å². The van der Waals surface area contributed by atoms with Gasteiger partial charge in [0.15, 0.2) is 0 Å². The number of amides is 1. The number of hydrogen-bond donors (Lipinski definition) is 2. The number of carbonyl (C=O) groups excluding carboxylic acids is 1. The maximum Gasteiger partial charge on any atom is 0.289 e. The third-order valence-corrected chi connectivity index (χ3v) is 4.52. The van der Waals surface area contributed by atoms with Gasteiger partial charge < -0.3 is 0 Å². The van der Waals surface area contributed by atoms with Crippen LogP contribution in [0.25, 0.3) is 28.1 Å². The van der Waals surface area contributed by atoms with Crippen LogP contribution in [0.4, 0.5) is 0 Å².